The Morgan fingerprint density at radius 1 is 0.361 bits per heavy atom. The summed E-state index contributed by atoms with van der Waals surface area (Å²) in [6.07, 6.45) is 9.47. The van der Waals surface area contributed by atoms with E-state index in [-0.39, 0.29) is 50.2 Å². The van der Waals surface area contributed by atoms with Gasteiger partial charge in [0.15, 0.2) is 0 Å². The zero-order valence-electron chi connectivity index (χ0n) is 51.8. The third-order valence-electron chi connectivity index (χ3n) is 23.8. The van der Waals surface area contributed by atoms with Gasteiger partial charge in [0, 0.05) is 76.2 Å². The van der Waals surface area contributed by atoms with Crippen LogP contribution < -0.4 is 31.1 Å². The number of benzene rings is 8. The van der Waals surface area contributed by atoms with Crippen LogP contribution in [0.25, 0.3) is 20.2 Å². The molecule has 7 aliphatic rings. The molecular weight excluding hydrogens is 1020 g/mol. The molecule has 4 heterocycles. The Balaban J connectivity index is 1.09. The molecule has 1 aromatic heterocycles. The Morgan fingerprint density at radius 3 is 1.55 bits per heavy atom. The average molecular weight is 1100 g/mol. The fourth-order valence-corrected chi connectivity index (χ4v) is 19.5. The number of rotatable bonds is 3. The maximum Gasteiger partial charge on any atom is 0.252 e. The summed E-state index contributed by atoms with van der Waals surface area (Å²) in [5.41, 5.74) is 27.4. The smallest absolute Gasteiger partial charge is 0.252 e. The molecule has 0 radical (unpaired) electrons. The van der Waals surface area contributed by atoms with E-state index in [1.165, 1.54) is 164 Å². The van der Waals surface area contributed by atoms with Crippen LogP contribution in [0.4, 0.5) is 45.5 Å². The molecule has 5 heteroatoms. The fourth-order valence-electron chi connectivity index (χ4n) is 18.4. The summed E-state index contributed by atoms with van der Waals surface area (Å²) < 4.78 is 2.66. The minimum atomic E-state index is -0.249. The number of hydrogen-bond acceptors (Lipinski definition) is 4. The minimum absolute atomic E-state index is 0.00529. The van der Waals surface area contributed by atoms with Crippen LogP contribution >= 0.6 is 11.3 Å². The van der Waals surface area contributed by atoms with E-state index in [1.54, 1.807) is 0 Å². The number of fused-ring (bicyclic) bond motifs is 14. The summed E-state index contributed by atoms with van der Waals surface area (Å²) in [5.74, 6) is 0. The standard InChI is InChI=1S/C78H82BN3S/c1-71(2)36-37-72(3,4)54-40-47(32-33-50(54)71)80-63-45-56-55(73(5,6)38-39-74(56,7)8)43-59(63)79-60-44-57-58(76(11,12)52-26-17-16-25-51(52)75(57,9)10)46-64(60)81(62-29-23-31-68-69(62)49-24-15-20-30-67(49)83-68)66-42-48(41-65(80)70(66)79)82-61-28-19-18-27-53(61)77(13)34-21-22-35-78(77,82)14/h15-20,23-33,40-46H,21-22,34-39H2,1-14H3. The molecule has 0 bridgehead atoms. The van der Waals surface area contributed by atoms with E-state index >= 15 is 0 Å². The number of nitrogens with zero attached hydrogens (tertiary/aromatic N) is 3. The molecule has 3 aliphatic heterocycles. The monoisotopic (exact) mass is 1100 g/mol. The SMILES string of the molecule is CC1(C)CCC(C)(C)c2cc(N3c4cc5c(cc4B4c6cc7c(cc6N(c6cccc8sc9ccccc9c68)c6cc(N8c9ccccc9C9(C)CCCCC89C)cc3c64)C(C)(C)c3ccccc3C7(C)C)C(C)(C)CCC5(C)C)ccc21. The third-order valence-corrected chi connectivity index (χ3v) is 24.9. The summed E-state index contributed by atoms with van der Waals surface area (Å²) in [6, 6.07) is 59.3. The first-order valence-electron chi connectivity index (χ1n) is 31.6. The van der Waals surface area contributed by atoms with Gasteiger partial charge < -0.3 is 14.7 Å². The Morgan fingerprint density at radius 2 is 0.867 bits per heavy atom. The maximum absolute atomic E-state index is 2.86. The van der Waals surface area contributed by atoms with Gasteiger partial charge in [0.05, 0.1) is 11.2 Å². The van der Waals surface area contributed by atoms with Crippen molar-refractivity contribution in [3.05, 3.63) is 196 Å². The van der Waals surface area contributed by atoms with Gasteiger partial charge in [-0.05, 0) is 194 Å². The van der Waals surface area contributed by atoms with E-state index in [0.717, 1.165) is 19.3 Å². The zero-order chi connectivity index (χ0) is 57.5. The van der Waals surface area contributed by atoms with Gasteiger partial charge in [0.1, 0.15) is 0 Å². The number of para-hydroxylation sites is 1. The van der Waals surface area contributed by atoms with Crippen molar-refractivity contribution >= 4 is 100 Å². The first-order valence-corrected chi connectivity index (χ1v) is 32.4. The minimum Gasteiger partial charge on any atom is -0.334 e. The molecule has 1 saturated carbocycles. The molecule has 16 rings (SSSR count). The lowest BCUT2D eigenvalue weighted by Gasteiger charge is -2.52. The molecule has 0 amide bonds. The largest absolute Gasteiger partial charge is 0.334 e. The highest BCUT2D eigenvalue weighted by Crippen LogP contribution is 2.63. The Kier molecular flexibility index (Phi) is 10.4. The Hall–Kier alpha value is -6.56. The Labute approximate surface area is 499 Å². The van der Waals surface area contributed by atoms with E-state index in [0.29, 0.717) is 0 Å². The quantitative estimate of drug-likeness (QED) is 0.163. The van der Waals surface area contributed by atoms with E-state index in [1.807, 2.05) is 11.3 Å². The fraction of sp³-hybridized carbons (Fsp3) is 0.385. The van der Waals surface area contributed by atoms with Crippen LogP contribution in [0.3, 0.4) is 0 Å². The molecule has 3 nitrogen and oxygen atoms in total. The molecule has 0 spiro atoms. The second kappa shape index (κ2) is 16.7. The number of anilines is 8. The first kappa shape index (κ1) is 52.0. The lowest BCUT2D eigenvalue weighted by atomic mass is 9.32. The van der Waals surface area contributed by atoms with Crippen LogP contribution in [0.5, 0.6) is 0 Å². The van der Waals surface area contributed by atoms with Crippen molar-refractivity contribution in [1.82, 2.24) is 0 Å². The first-order chi connectivity index (χ1) is 39.4. The van der Waals surface area contributed by atoms with Crippen LogP contribution in [-0.2, 0) is 37.9 Å². The summed E-state index contributed by atoms with van der Waals surface area (Å²) in [6.45, 7) is 35.2. The lowest BCUT2D eigenvalue weighted by molar-refractivity contribution is 0.195. The maximum atomic E-state index is 2.86. The van der Waals surface area contributed by atoms with E-state index in [4.69, 9.17) is 0 Å². The van der Waals surface area contributed by atoms with E-state index in [2.05, 4.69) is 257 Å². The topological polar surface area (TPSA) is 9.72 Å². The van der Waals surface area contributed by atoms with Crippen LogP contribution in [0, 0.1) is 0 Å². The summed E-state index contributed by atoms with van der Waals surface area (Å²) in [7, 11) is 0. The predicted molar refractivity (Wildman–Crippen MR) is 357 cm³/mol. The molecule has 9 aromatic rings. The van der Waals surface area contributed by atoms with Crippen molar-refractivity contribution in [2.45, 2.75) is 192 Å². The molecular formula is C78H82BN3S. The van der Waals surface area contributed by atoms with Crippen molar-refractivity contribution in [1.29, 1.82) is 0 Å². The second-order valence-corrected chi connectivity index (χ2v) is 32.0. The highest BCUT2D eigenvalue weighted by molar-refractivity contribution is 7.26. The molecule has 0 N–H and O–H groups in total. The lowest BCUT2D eigenvalue weighted by Crippen LogP contribution is -2.62. The molecule has 2 atom stereocenters. The number of hydrogen-bond donors (Lipinski definition) is 0. The van der Waals surface area contributed by atoms with Crippen molar-refractivity contribution in [2.24, 2.45) is 0 Å². The van der Waals surface area contributed by atoms with E-state index in [9.17, 15) is 0 Å². The third kappa shape index (κ3) is 6.76. The molecule has 2 unspecified atom stereocenters. The van der Waals surface area contributed by atoms with Gasteiger partial charge in [-0.1, -0.05) is 188 Å². The van der Waals surface area contributed by atoms with Gasteiger partial charge in [0.2, 0.25) is 0 Å². The van der Waals surface area contributed by atoms with Crippen molar-refractivity contribution < 1.29 is 0 Å². The molecule has 418 valence electrons. The molecule has 8 aromatic carbocycles. The average Bonchev–Trinajstić information content (AvgIpc) is 1.63. The highest BCUT2D eigenvalue weighted by Gasteiger charge is 2.59. The normalized spacial score (nSPS) is 23.7. The van der Waals surface area contributed by atoms with Crippen LogP contribution in [0.1, 0.15) is 198 Å². The van der Waals surface area contributed by atoms with Gasteiger partial charge in [-0.25, -0.2) is 0 Å². The van der Waals surface area contributed by atoms with Crippen LogP contribution in [0.15, 0.2) is 146 Å². The highest BCUT2D eigenvalue weighted by atomic mass is 32.1. The van der Waals surface area contributed by atoms with Crippen LogP contribution in [0.2, 0.25) is 0 Å². The van der Waals surface area contributed by atoms with Gasteiger partial charge >= 0.3 is 0 Å². The Bertz CT molecular complexity index is 4320. The summed E-state index contributed by atoms with van der Waals surface area (Å²) >= 11 is 1.93. The molecule has 83 heavy (non-hydrogen) atoms. The molecule has 0 saturated heterocycles. The molecule has 1 fully saturated rings. The van der Waals surface area contributed by atoms with Crippen molar-refractivity contribution in [3.8, 4) is 0 Å². The second-order valence-electron chi connectivity index (χ2n) is 30.9. The van der Waals surface area contributed by atoms with Crippen molar-refractivity contribution in [2.75, 3.05) is 14.7 Å². The van der Waals surface area contributed by atoms with Gasteiger partial charge in [-0.15, -0.1) is 11.3 Å². The van der Waals surface area contributed by atoms with Gasteiger partial charge in [0.25, 0.3) is 6.71 Å². The predicted octanol–water partition coefficient (Wildman–Crippen LogP) is 19.5. The van der Waals surface area contributed by atoms with Gasteiger partial charge in [-0.2, -0.15) is 0 Å². The molecule has 4 aliphatic carbocycles. The van der Waals surface area contributed by atoms with Crippen molar-refractivity contribution in [3.63, 3.8) is 0 Å². The summed E-state index contributed by atoms with van der Waals surface area (Å²) in [5, 5.41) is 2.66. The zero-order valence-corrected chi connectivity index (χ0v) is 52.7. The van der Waals surface area contributed by atoms with E-state index < -0.39 is 0 Å². The van der Waals surface area contributed by atoms with Crippen LogP contribution in [-0.4, -0.2) is 12.3 Å². The summed E-state index contributed by atoms with van der Waals surface area (Å²) in [4.78, 5) is 8.47. The van der Waals surface area contributed by atoms with Gasteiger partial charge in [-0.3, -0.25) is 0 Å². The number of thiophene rings is 1.